The molecule has 0 saturated heterocycles. The van der Waals surface area contributed by atoms with Crippen LogP contribution in [0, 0.1) is 0 Å². The van der Waals surface area contributed by atoms with E-state index < -0.39 is 17.9 Å². The summed E-state index contributed by atoms with van der Waals surface area (Å²) in [5.74, 6) is -1.89. The second-order valence-electron chi connectivity index (χ2n) is 3.11. The molecule has 4 heteroatoms. The van der Waals surface area contributed by atoms with Crippen molar-refractivity contribution in [1.29, 1.82) is 0 Å². The van der Waals surface area contributed by atoms with Crippen LogP contribution in [0.15, 0.2) is 24.3 Å². The lowest BCUT2D eigenvalue weighted by Crippen LogP contribution is -2.25. The van der Waals surface area contributed by atoms with Crippen molar-refractivity contribution in [2.75, 3.05) is 0 Å². The zero-order valence-corrected chi connectivity index (χ0v) is 7.27. The maximum Gasteiger partial charge on any atom is 0.312 e. The third-order valence-corrected chi connectivity index (χ3v) is 2.19. The molecule has 0 spiro atoms. The molecule has 0 saturated carbocycles. The molecule has 1 aromatic carbocycles. The Morgan fingerprint density at radius 1 is 1.43 bits per heavy atom. The van der Waals surface area contributed by atoms with Gasteiger partial charge in [0.25, 0.3) is 0 Å². The van der Waals surface area contributed by atoms with Gasteiger partial charge in [0.15, 0.2) is 0 Å². The van der Waals surface area contributed by atoms with Gasteiger partial charge in [0, 0.05) is 5.56 Å². The number of fused-ring (bicyclic) bond motifs is 1. The van der Waals surface area contributed by atoms with Crippen molar-refractivity contribution in [3.05, 3.63) is 29.8 Å². The molecule has 1 heterocycles. The van der Waals surface area contributed by atoms with E-state index in [1.54, 1.807) is 24.3 Å². The summed E-state index contributed by atoms with van der Waals surface area (Å²) < 4.78 is 4.91. The van der Waals surface area contributed by atoms with Crippen molar-refractivity contribution in [2.24, 2.45) is 0 Å². The van der Waals surface area contributed by atoms with Crippen LogP contribution < -0.4 is 4.74 Å². The molecule has 0 fully saturated rings. The number of carboxylic acids is 1. The number of hydrogen-bond donors (Lipinski definition) is 1. The van der Waals surface area contributed by atoms with Crippen LogP contribution in [0.1, 0.15) is 17.9 Å². The maximum absolute atomic E-state index is 11.1. The first kappa shape index (κ1) is 8.74. The first-order valence-corrected chi connectivity index (χ1v) is 4.21. The summed E-state index contributed by atoms with van der Waals surface area (Å²) in [6.45, 7) is 0. The predicted molar refractivity (Wildman–Crippen MR) is 47.1 cm³/mol. The minimum absolute atomic E-state index is 0.0909. The monoisotopic (exact) mass is 192 g/mol. The van der Waals surface area contributed by atoms with Gasteiger partial charge in [-0.2, -0.15) is 0 Å². The van der Waals surface area contributed by atoms with Crippen LogP contribution >= 0.6 is 0 Å². The van der Waals surface area contributed by atoms with Crippen molar-refractivity contribution in [1.82, 2.24) is 0 Å². The van der Waals surface area contributed by atoms with Gasteiger partial charge in [0.1, 0.15) is 5.75 Å². The van der Waals surface area contributed by atoms with Gasteiger partial charge >= 0.3 is 11.9 Å². The summed E-state index contributed by atoms with van der Waals surface area (Å²) in [5.41, 5.74) is 0.569. The Morgan fingerprint density at radius 2 is 2.14 bits per heavy atom. The van der Waals surface area contributed by atoms with Crippen LogP contribution in [0.25, 0.3) is 0 Å². The fourth-order valence-corrected chi connectivity index (χ4v) is 1.52. The Balaban J connectivity index is 2.48. The van der Waals surface area contributed by atoms with E-state index in [1.807, 2.05) is 0 Å². The molecule has 0 radical (unpaired) electrons. The number of carbonyl (C=O) groups excluding carboxylic acids is 1. The van der Waals surface area contributed by atoms with Gasteiger partial charge in [-0.3, -0.25) is 9.59 Å². The molecule has 14 heavy (non-hydrogen) atoms. The molecule has 1 aliphatic heterocycles. The van der Waals surface area contributed by atoms with E-state index in [4.69, 9.17) is 9.84 Å². The van der Waals surface area contributed by atoms with E-state index in [0.717, 1.165) is 0 Å². The molecule has 1 aromatic rings. The zero-order chi connectivity index (χ0) is 10.1. The highest BCUT2D eigenvalue weighted by molar-refractivity contribution is 5.87. The smallest absolute Gasteiger partial charge is 0.312 e. The molecule has 0 amide bonds. The Morgan fingerprint density at radius 3 is 2.86 bits per heavy atom. The SMILES string of the molecule is O=C1C[C@@H](C(=O)O)c2ccccc2O1. The Labute approximate surface area is 80.1 Å². The number of carbonyl (C=O) groups is 2. The number of para-hydroxylation sites is 1. The minimum Gasteiger partial charge on any atom is -0.481 e. The highest BCUT2D eigenvalue weighted by Crippen LogP contribution is 2.33. The van der Waals surface area contributed by atoms with Gasteiger partial charge in [-0.25, -0.2) is 0 Å². The topological polar surface area (TPSA) is 63.6 Å². The molecule has 72 valence electrons. The van der Waals surface area contributed by atoms with Gasteiger partial charge in [-0.15, -0.1) is 0 Å². The summed E-state index contributed by atoms with van der Waals surface area (Å²) in [7, 11) is 0. The molecule has 4 nitrogen and oxygen atoms in total. The second kappa shape index (κ2) is 3.14. The van der Waals surface area contributed by atoms with Gasteiger partial charge in [0.2, 0.25) is 0 Å². The number of aliphatic carboxylic acids is 1. The van der Waals surface area contributed by atoms with Crippen LogP contribution in [0.4, 0.5) is 0 Å². The lowest BCUT2D eigenvalue weighted by molar-refractivity contribution is -0.145. The highest BCUT2D eigenvalue weighted by atomic mass is 16.5. The number of hydrogen-bond acceptors (Lipinski definition) is 3. The molecule has 1 aliphatic rings. The van der Waals surface area contributed by atoms with Crippen LogP contribution in [0.2, 0.25) is 0 Å². The maximum atomic E-state index is 11.1. The molecule has 0 bridgehead atoms. The fourth-order valence-electron chi connectivity index (χ4n) is 1.52. The molecule has 1 atom stereocenters. The number of benzene rings is 1. The minimum atomic E-state index is -0.992. The van der Waals surface area contributed by atoms with Crippen molar-refractivity contribution in [3.8, 4) is 5.75 Å². The summed E-state index contributed by atoms with van der Waals surface area (Å²) >= 11 is 0. The van der Waals surface area contributed by atoms with Gasteiger partial charge in [0.05, 0.1) is 12.3 Å². The third kappa shape index (κ3) is 1.35. The van der Waals surface area contributed by atoms with E-state index in [0.29, 0.717) is 11.3 Å². The van der Waals surface area contributed by atoms with Gasteiger partial charge in [-0.05, 0) is 6.07 Å². The van der Waals surface area contributed by atoms with Crippen molar-refractivity contribution < 1.29 is 19.4 Å². The number of carboxylic acid groups (broad SMARTS) is 1. The zero-order valence-electron chi connectivity index (χ0n) is 7.27. The quantitative estimate of drug-likeness (QED) is 0.535. The third-order valence-electron chi connectivity index (χ3n) is 2.19. The lowest BCUT2D eigenvalue weighted by Gasteiger charge is -2.20. The van der Waals surface area contributed by atoms with Crippen LogP contribution in [-0.2, 0) is 9.59 Å². The Kier molecular flexibility index (Phi) is 1.96. The standard InChI is InChI=1S/C10H8O4/c11-9-5-7(10(12)13)6-3-1-2-4-8(6)14-9/h1-4,7H,5H2,(H,12,13)/t7-/m1/s1. The van der Waals surface area contributed by atoms with Crippen molar-refractivity contribution >= 4 is 11.9 Å². The number of esters is 1. The molecule has 0 unspecified atom stereocenters. The van der Waals surface area contributed by atoms with E-state index in [2.05, 4.69) is 0 Å². The Hall–Kier alpha value is -1.84. The highest BCUT2D eigenvalue weighted by Gasteiger charge is 2.31. The number of ether oxygens (including phenoxy) is 1. The summed E-state index contributed by atoms with van der Waals surface area (Å²) in [6, 6.07) is 6.70. The summed E-state index contributed by atoms with van der Waals surface area (Å²) in [4.78, 5) is 21.9. The second-order valence-corrected chi connectivity index (χ2v) is 3.11. The Bertz CT molecular complexity index is 397. The normalized spacial score (nSPS) is 19.7. The average Bonchev–Trinajstić information content (AvgIpc) is 2.16. The summed E-state index contributed by atoms with van der Waals surface area (Å²) in [6.07, 6.45) is -0.0909. The lowest BCUT2D eigenvalue weighted by atomic mass is 9.93. The van der Waals surface area contributed by atoms with Gasteiger partial charge < -0.3 is 9.84 Å². The molecular formula is C10H8O4. The molecule has 0 aromatic heterocycles. The molecule has 1 N–H and O–H groups in total. The number of rotatable bonds is 1. The summed E-state index contributed by atoms with van der Waals surface area (Å²) in [5, 5.41) is 8.90. The van der Waals surface area contributed by atoms with Gasteiger partial charge in [-0.1, -0.05) is 18.2 Å². The molecule has 0 aliphatic carbocycles. The van der Waals surface area contributed by atoms with E-state index in [9.17, 15) is 9.59 Å². The fraction of sp³-hybridized carbons (Fsp3) is 0.200. The van der Waals surface area contributed by atoms with Crippen LogP contribution in [0.5, 0.6) is 5.75 Å². The molecular weight excluding hydrogens is 184 g/mol. The van der Waals surface area contributed by atoms with Crippen molar-refractivity contribution in [3.63, 3.8) is 0 Å². The van der Waals surface area contributed by atoms with Crippen LogP contribution in [0.3, 0.4) is 0 Å². The van der Waals surface area contributed by atoms with E-state index in [-0.39, 0.29) is 6.42 Å². The average molecular weight is 192 g/mol. The largest absolute Gasteiger partial charge is 0.481 e. The molecule has 2 rings (SSSR count). The first-order chi connectivity index (χ1) is 6.68. The van der Waals surface area contributed by atoms with Crippen LogP contribution in [-0.4, -0.2) is 17.0 Å². The van der Waals surface area contributed by atoms with Crippen molar-refractivity contribution in [2.45, 2.75) is 12.3 Å². The van der Waals surface area contributed by atoms with E-state index >= 15 is 0 Å². The first-order valence-electron chi connectivity index (χ1n) is 4.21. The van der Waals surface area contributed by atoms with E-state index in [1.165, 1.54) is 0 Å². The predicted octanol–water partition coefficient (Wildman–Crippen LogP) is 1.16.